The molecule has 6 rings (SSSR count). The van der Waals surface area contributed by atoms with Gasteiger partial charge in [0.2, 0.25) is 0 Å². The van der Waals surface area contributed by atoms with E-state index in [0.29, 0.717) is 55.1 Å². The molecule has 0 amide bonds. The lowest BCUT2D eigenvalue weighted by Crippen LogP contribution is -2.38. The van der Waals surface area contributed by atoms with E-state index in [2.05, 4.69) is 66.6 Å². The highest BCUT2D eigenvalue weighted by atomic mass is 35.5. The number of benzene rings is 4. The van der Waals surface area contributed by atoms with E-state index < -0.39 is 12.2 Å². The molecule has 2 N–H and O–H groups in total. The molecule has 2 aliphatic heterocycles. The smallest absolute Gasteiger partial charge is 0.308 e. The largest absolute Gasteiger partial charge is 0.499 e. The van der Waals surface area contributed by atoms with Gasteiger partial charge in [0.25, 0.3) is 0 Å². The minimum atomic E-state index is -0.781. The van der Waals surface area contributed by atoms with E-state index in [9.17, 15) is 15.0 Å². The first-order valence-corrected chi connectivity index (χ1v) is 19.8. The summed E-state index contributed by atoms with van der Waals surface area (Å²) in [5, 5.41) is 22.6. The molecule has 0 fully saturated rings. The monoisotopic (exact) mass is 770 g/mol. The normalized spacial score (nSPS) is 15.6. The van der Waals surface area contributed by atoms with Gasteiger partial charge in [-0.2, -0.15) is 0 Å². The van der Waals surface area contributed by atoms with Crippen LogP contribution in [0.1, 0.15) is 60.1 Å². The summed E-state index contributed by atoms with van der Waals surface area (Å²) < 4.78 is 10.5. The van der Waals surface area contributed by atoms with Crippen LogP contribution < -0.4 is 0 Å². The van der Waals surface area contributed by atoms with Crippen LogP contribution in [0.2, 0.25) is 10.0 Å². The fourth-order valence-electron chi connectivity index (χ4n) is 8.15. The van der Waals surface area contributed by atoms with Crippen LogP contribution in [0.15, 0.2) is 73.0 Å². The number of nitrogens with zero attached hydrogens (tertiary/aromatic N) is 2. The summed E-state index contributed by atoms with van der Waals surface area (Å²) in [5.74, 6) is 0.243. The Hall–Kier alpha value is -3.69. The number of hydrogen-bond donors (Lipinski definition) is 2. The molecular weight excluding hydrogens is 719 g/mol. The standard InChI is InChI=1S/C45H52Cl2N2O5/c1-6-53-28(3)22-33(50)24-48-20-18-31-14-16-35(29(4)41(31)26-48)37-10-8-12-39(44(37)46)40-13-9-11-38(45(40)47)36-17-15-32-19-21-49(27-42(32)30(36)5)25-34(51)23-43(52)54-7-2/h8-17,33-34,50-51H,3,6-7,18-27H2,1-2,4-5H3/t33-,34-/m0/s1. The molecule has 0 saturated carbocycles. The minimum absolute atomic E-state index is 0.00908. The van der Waals surface area contributed by atoms with Crippen molar-refractivity contribution in [3.05, 3.63) is 116 Å². The fourth-order valence-corrected chi connectivity index (χ4v) is 8.81. The van der Waals surface area contributed by atoms with Crippen LogP contribution in [0.4, 0.5) is 0 Å². The van der Waals surface area contributed by atoms with Crippen molar-refractivity contribution >= 4 is 29.2 Å². The maximum atomic E-state index is 11.9. The maximum Gasteiger partial charge on any atom is 0.308 e. The Morgan fingerprint density at radius 3 is 1.56 bits per heavy atom. The lowest BCUT2D eigenvalue weighted by Gasteiger charge is -2.32. The average molecular weight is 772 g/mol. The molecule has 4 aromatic carbocycles. The highest BCUT2D eigenvalue weighted by Gasteiger charge is 2.26. The highest BCUT2D eigenvalue weighted by Crippen LogP contribution is 2.45. The minimum Gasteiger partial charge on any atom is -0.499 e. The topological polar surface area (TPSA) is 82.5 Å². The molecule has 0 unspecified atom stereocenters. The Kier molecular flexibility index (Phi) is 13.2. The van der Waals surface area contributed by atoms with Gasteiger partial charge in [-0.15, -0.1) is 0 Å². The third-order valence-corrected chi connectivity index (χ3v) is 11.7. The molecule has 54 heavy (non-hydrogen) atoms. The molecule has 9 heteroatoms. The van der Waals surface area contributed by atoms with Crippen LogP contribution >= 0.6 is 23.2 Å². The molecule has 7 nitrogen and oxygen atoms in total. The Morgan fingerprint density at radius 2 is 1.11 bits per heavy atom. The van der Waals surface area contributed by atoms with Crippen molar-refractivity contribution in [2.75, 3.05) is 39.4 Å². The number of rotatable bonds is 14. The van der Waals surface area contributed by atoms with Gasteiger partial charge in [0, 0.05) is 67.9 Å². The van der Waals surface area contributed by atoms with Crippen LogP contribution in [0.5, 0.6) is 0 Å². The van der Waals surface area contributed by atoms with Crippen molar-refractivity contribution in [2.24, 2.45) is 0 Å². The van der Waals surface area contributed by atoms with Gasteiger partial charge in [-0.3, -0.25) is 14.6 Å². The van der Waals surface area contributed by atoms with E-state index in [1.807, 2.05) is 31.2 Å². The summed E-state index contributed by atoms with van der Waals surface area (Å²) in [6.45, 7) is 16.9. The summed E-state index contributed by atoms with van der Waals surface area (Å²) in [4.78, 5) is 16.4. The summed E-state index contributed by atoms with van der Waals surface area (Å²) in [6, 6.07) is 21.0. The van der Waals surface area contributed by atoms with Crippen LogP contribution in [0.3, 0.4) is 0 Å². The molecule has 4 aromatic rings. The number of aliphatic hydroxyl groups excluding tert-OH is 2. The lowest BCUT2D eigenvalue weighted by atomic mass is 9.87. The highest BCUT2D eigenvalue weighted by molar-refractivity contribution is 6.39. The summed E-state index contributed by atoms with van der Waals surface area (Å²) >= 11 is 14.7. The van der Waals surface area contributed by atoms with Crippen molar-refractivity contribution in [3.8, 4) is 33.4 Å². The van der Waals surface area contributed by atoms with Gasteiger partial charge in [-0.25, -0.2) is 0 Å². The van der Waals surface area contributed by atoms with E-state index in [0.717, 1.165) is 71.4 Å². The van der Waals surface area contributed by atoms with E-state index in [-0.39, 0.29) is 12.4 Å². The number of aliphatic hydroxyl groups is 2. The number of halogens is 2. The number of β-amino-alcohol motifs (C(OH)–C–C–N with tert-alkyl or cyclic N) is 2. The molecule has 0 bridgehead atoms. The first kappa shape index (κ1) is 40.0. The number of hydrogen-bond acceptors (Lipinski definition) is 7. The zero-order chi connectivity index (χ0) is 38.5. The van der Waals surface area contributed by atoms with Gasteiger partial charge in [0.15, 0.2) is 0 Å². The predicted molar refractivity (Wildman–Crippen MR) is 219 cm³/mol. The number of carbonyl (C=O) groups is 1. The third kappa shape index (κ3) is 8.89. The third-order valence-electron chi connectivity index (χ3n) is 10.9. The maximum absolute atomic E-state index is 11.9. The Balaban J connectivity index is 1.25. The van der Waals surface area contributed by atoms with Crippen LogP contribution in [-0.2, 0) is 40.2 Å². The van der Waals surface area contributed by atoms with Gasteiger partial charge >= 0.3 is 5.97 Å². The van der Waals surface area contributed by atoms with Crippen molar-refractivity contribution < 1.29 is 24.5 Å². The average Bonchev–Trinajstić information content (AvgIpc) is 3.13. The van der Waals surface area contributed by atoms with Gasteiger partial charge in [-0.05, 0) is 85.0 Å². The SMILES string of the molecule is C=C(C[C@H](O)CN1CCc2ccc(-c3cccc(-c4cccc(-c5ccc6c(c5C)CN(C[C@@H](O)CC(=O)OCC)CC6)c4Cl)c3Cl)c(C)c2C1)OCC. The van der Waals surface area contributed by atoms with Crippen LogP contribution in [0, 0.1) is 13.8 Å². The van der Waals surface area contributed by atoms with Gasteiger partial charge < -0.3 is 19.7 Å². The second kappa shape index (κ2) is 17.8. The number of esters is 1. The first-order chi connectivity index (χ1) is 26.0. The first-order valence-electron chi connectivity index (χ1n) is 19.1. The molecule has 2 heterocycles. The molecule has 0 aliphatic carbocycles. The lowest BCUT2D eigenvalue weighted by molar-refractivity contribution is -0.145. The van der Waals surface area contributed by atoms with Crippen LogP contribution in [-0.4, -0.2) is 77.6 Å². The van der Waals surface area contributed by atoms with Gasteiger partial charge in [0.1, 0.15) is 0 Å². The van der Waals surface area contributed by atoms with E-state index in [1.54, 1.807) is 6.92 Å². The number of fused-ring (bicyclic) bond motifs is 2. The number of ether oxygens (including phenoxy) is 2. The van der Waals surface area contributed by atoms with Crippen molar-refractivity contribution in [2.45, 2.75) is 78.7 Å². The van der Waals surface area contributed by atoms with Crippen molar-refractivity contribution in [3.63, 3.8) is 0 Å². The van der Waals surface area contributed by atoms with Gasteiger partial charge in [0.05, 0.1) is 47.6 Å². The van der Waals surface area contributed by atoms with Crippen molar-refractivity contribution in [1.82, 2.24) is 9.80 Å². The molecular formula is C45H52Cl2N2O5. The van der Waals surface area contributed by atoms with E-state index >= 15 is 0 Å². The fraction of sp³-hybridized carbons (Fsp3) is 0.400. The Bertz CT molecular complexity index is 1870. The van der Waals surface area contributed by atoms with E-state index in [4.69, 9.17) is 32.7 Å². The zero-order valence-corrected chi connectivity index (χ0v) is 33.4. The summed E-state index contributed by atoms with van der Waals surface area (Å²) in [6.07, 6.45) is 0.887. The summed E-state index contributed by atoms with van der Waals surface area (Å²) in [5.41, 5.74) is 13.3. The second-order valence-corrected chi connectivity index (χ2v) is 15.3. The van der Waals surface area contributed by atoms with E-state index in [1.165, 1.54) is 27.8 Å². The molecule has 286 valence electrons. The summed E-state index contributed by atoms with van der Waals surface area (Å²) in [7, 11) is 0. The molecule has 0 spiro atoms. The second-order valence-electron chi connectivity index (χ2n) is 14.5. The van der Waals surface area contributed by atoms with Gasteiger partial charge in [-0.1, -0.05) is 90.4 Å². The zero-order valence-electron chi connectivity index (χ0n) is 31.9. The molecule has 2 atom stereocenters. The molecule has 0 saturated heterocycles. The van der Waals surface area contributed by atoms with Crippen molar-refractivity contribution in [1.29, 1.82) is 0 Å². The molecule has 2 aliphatic rings. The molecule has 0 aromatic heterocycles. The Morgan fingerprint density at radius 1 is 0.685 bits per heavy atom. The quantitative estimate of drug-likeness (QED) is 0.0979. The van der Waals surface area contributed by atoms with Crippen LogP contribution in [0.25, 0.3) is 33.4 Å². The Labute approximate surface area is 330 Å². The molecule has 0 radical (unpaired) electrons. The predicted octanol–water partition coefficient (Wildman–Crippen LogP) is 8.94. The number of carbonyl (C=O) groups excluding carboxylic acids is 1.